The fourth-order valence-electron chi connectivity index (χ4n) is 2.07. The Morgan fingerprint density at radius 1 is 0.958 bits per heavy atom. The quantitative estimate of drug-likeness (QED) is 0.678. The van der Waals surface area contributed by atoms with Crippen molar-refractivity contribution < 1.29 is 19.4 Å². The number of carbonyl (C=O) groups is 2. The average molecular weight is 328 g/mol. The third-order valence-electron chi connectivity index (χ3n) is 3.23. The first-order valence-electron chi connectivity index (χ1n) is 7.68. The lowest BCUT2D eigenvalue weighted by atomic mass is 10.2. The summed E-state index contributed by atoms with van der Waals surface area (Å²) < 4.78 is 5.32. The Balaban J connectivity index is 1.75. The van der Waals surface area contributed by atoms with Crippen molar-refractivity contribution in [3.05, 3.63) is 59.7 Å². The Morgan fingerprint density at radius 3 is 2.17 bits per heavy atom. The number of aromatic hydroxyl groups is 1. The molecule has 0 aliphatic rings. The molecule has 0 aliphatic heterocycles. The van der Waals surface area contributed by atoms with Crippen LogP contribution in [-0.2, 0) is 0 Å². The normalized spacial score (nSPS) is 10.0. The van der Waals surface area contributed by atoms with Crippen LogP contribution in [0.4, 0.5) is 0 Å². The monoisotopic (exact) mass is 328 g/mol. The van der Waals surface area contributed by atoms with E-state index in [9.17, 15) is 14.7 Å². The summed E-state index contributed by atoms with van der Waals surface area (Å²) in [7, 11) is 0. The molecule has 0 aromatic heterocycles. The molecule has 2 aromatic rings. The van der Waals surface area contributed by atoms with E-state index in [1.807, 2.05) is 6.92 Å². The molecule has 3 N–H and O–H groups in total. The second kappa shape index (κ2) is 8.57. The molecule has 24 heavy (non-hydrogen) atoms. The molecule has 0 radical (unpaired) electrons. The smallest absolute Gasteiger partial charge is 0.251 e. The summed E-state index contributed by atoms with van der Waals surface area (Å²) in [6.45, 7) is 3.06. The van der Waals surface area contributed by atoms with Crippen LogP contribution in [0.5, 0.6) is 11.5 Å². The van der Waals surface area contributed by atoms with Gasteiger partial charge in [-0.1, -0.05) is 6.07 Å². The van der Waals surface area contributed by atoms with Crippen molar-refractivity contribution in [3.8, 4) is 11.5 Å². The highest BCUT2D eigenvalue weighted by atomic mass is 16.5. The number of rotatable bonds is 7. The van der Waals surface area contributed by atoms with E-state index in [1.54, 1.807) is 36.4 Å². The van der Waals surface area contributed by atoms with Gasteiger partial charge >= 0.3 is 0 Å². The van der Waals surface area contributed by atoms with Crippen molar-refractivity contribution >= 4 is 11.8 Å². The van der Waals surface area contributed by atoms with Gasteiger partial charge < -0.3 is 20.5 Å². The number of amides is 2. The van der Waals surface area contributed by atoms with Gasteiger partial charge in [0, 0.05) is 24.2 Å². The van der Waals surface area contributed by atoms with Crippen LogP contribution in [0.2, 0.25) is 0 Å². The van der Waals surface area contributed by atoms with Crippen molar-refractivity contribution in [1.82, 2.24) is 10.6 Å². The minimum absolute atomic E-state index is 0.0338. The molecule has 0 aliphatic carbocycles. The number of phenols is 1. The fourth-order valence-corrected chi connectivity index (χ4v) is 2.07. The Morgan fingerprint density at radius 2 is 1.58 bits per heavy atom. The second-order valence-corrected chi connectivity index (χ2v) is 5.02. The van der Waals surface area contributed by atoms with Crippen LogP contribution in [0.3, 0.4) is 0 Å². The molecular formula is C18H20N2O4. The molecule has 6 heteroatoms. The van der Waals surface area contributed by atoms with Gasteiger partial charge in [0.1, 0.15) is 11.5 Å². The number of ether oxygens (including phenoxy) is 1. The summed E-state index contributed by atoms with van der Waals surface area (Å²) >= 11 is 0. The number of hydrogen-bond acceptors (Lipinski definition) is 4. The first-order chi connectivity index (χ1) is 11.6. The molecule has 0 saturated heterocycles. The third-order valence-corrected chi connectivity index (χ3v) is 3.23. The van der Waals surface area contributed by atoms with E-state index in [1.165, 1.54) is 12.1 Å². The topological polar surface area (TPSA) is 87.7 Å². The molecule has 0 atom stereocenters. The van der Waals surface area contributed by atoms with Gasteiger partial charge in [0.2, 0.25) is 0 Å². The number of hydrogen-bond donors (Lipinski definition) is 3. The first kappa shape index (κ1) is 17.3. The number of phenolic OH excluding ortho intramolecular Hbond substituents is 1. The van der Waals surface area contributed by atoms with Gasteiger partial charge in [-0.15, -0.1) is 0 Å². The lowest BCUT2D eigenvalue weighted by Gasteiger charge is -2.08. The minimum atomic E-state index is -0.304. The predicted molar refractivity (Wildman–Crippen MR) is 90.4 cm³/mol. The predicted octanol–water partition coefficient (Wildman–Crippen LogP) is 1.95. The number of benzene rings is 2. The van der Waals surface area contributed by atoms with Gasteiger partial charge in [0.25, 0.3) is 11.8 Å². The standard InChI is InChI=1S/C18H20N2O4/c1-2-24-16-8-6-13(7-9-16)17(22)19-10-11-20-18(23)14-4-3-5-15(21)12-14/h3-9,12,21H,2,10-11H2,1H3,(H,19,22)(H,20,23). The molecule has 6 nitrogen and oxygen atoms in total. The lowest BCUT2D eigenvalue weighted by molar-refractivity contribution is 0.0927. The van der Waals surface area contributed by atoms with Crippen LogP contribution in [0.25, 0.3) is 0 Å². The zero-order chi connectivity index (χ0) is 17.4. The van der Waals surface area contributed by atoms with E-state index in [0.29, 0.717) is 30.0 Å². The van der Waals surface area contributed by atoms with E-state index in [-0.39, 0.29) is 24.1 Å². The highest BCUT2D eigenvalue weighted by Crippen LogP contribution is 2.12. The maximum Gasteiger partial charge on any atom is 0.251 e. The summed E-state index contributed by atoms with van der Waals surface area (Å²) in [4.78, 5) is 23.8. The summed E-state index contributed by atoms with van der Waals surface area (Å²) in [5.41, 5.74) is 0.894. The molecule has 2 rings (SSSR count). The van der Waals surface area contributed by atoms with Gasteiger partial charge in [-0.25, -0.2) is 0 Å². The van der Waals surface area contributed by atoms with Gasteiger partial charge in [-0.05, 0) is 49.4 Å². The largest absolute Gasteiger partial charge is 0.508 e. The Kier molecular flexibility index (Phi) is 6.19. The summed E-state index contributed by atoms with van der Waals surface area (Å²) in [6, 6.07) is 12.9. The molecular weight excluding hydrogens is 308 g/mol. The van der Waals surface area contributed by atoms with E-state index in [2.05, 4.69) is 10.6 Å². The zero-order valence-corrected chi connectivity index (χ0v) is 13.4. The summed E-state index contributed by atoms with van der Waals surface area (Å²) in [6.07, 6.45) is 0. The van der Waals surface area contributed by atoms with Crippen LogP contribution in [0.15, 0.2) is 48.5 Å². The second-order valence-electron chi connectivity index (χ2n) is 5.02. The molecule has 2 aromatic carbocycles. The lowest BCUT2D eigenvalue weighted by Crippen LogP contribution is -2.34. The van der Waals surface area contributed by atoms with Crippen LogP contribution < -0.4 is 15.4 Å². The van der Waals surface area contributed by atoms with E-state index in [4.69, 9.17) is 4.74 Å². The zero-order valence-electron chi connectivity index (χ0n) is 13.4. The maximum atomic E-state index is 12.0. The van der Waals surface area contributed by atoms with Gasteiger partial charge in [0.05, 0.1) is 6.61 Å². The number of carbonyl (C=O) groups excluding carboxylic acids is 2. The first-order valence-corrected chi connectivity index (χ1v) is 7.68. The van der Waals surface area contributed by atoms with Crippen LogP contribution in [-0.4, -0.2) is 36.6 Å². The van der Waals surface area contributed by atoms with Crippen LogP contribution >= 0.6 is 0 Å². The van der Waals surface area contributed by atoms with Crippen molar-refractivity contribution in [2.75, 3.05) is 19.7 Å². The minimum Gasteiger partial charge on any atom is -0.508 e. The average Bonchev–Trinajstić information content (AvgIpc) is 2.59. The molecule has 2 amide bonds. The van der Waals surface area contributed by atoms with Crippen LogP contribution in [0.1, 0.15) is 27.6 Å². The molecule has 0 fully saturated rings. The van der Waals surface area contributed by atoms with Crippen molar-refractivity contribution in [3.63, 3.8) is 0 Å². The Bertz CT molecular complexity index is 698. The Hall–Kier alpha value is -3.02. The highest BCUT2D eigenvalue weighted by molar-refractivity contribution is 5.95. The van der Waals surface area contributed by atoms with E-state index >= 15 is 0 Å². The van der Waals surface area contributed by atoms with E-state index < -0.39 is 0 Å². The number of nitrogens with one attached hydrogen (secondary N) is 2. The van der Waals surface area contributed by atoms with Gasteiger partial charge in [0.15, 0.2) is 0 Å². The summed E-state index contributed by atoms with van der Waals surface area (Å²) in [5.74, 6) is 0.227. The fraction of sp³-hybridized carbons (Fsp3) is 0.222. The molecule has 0 saturated carbocycles. The van der Waals surface area contributed by atoms with Crippen molar-refractivity contribution in [2.45, 2.75) is 6.92 Å². The molecule has 0 bridgehead atoms. The summed E-state index contributed by atoms with van der Waals surface area (Å²) in [5, 5.41) is 14.7. The molecule has 126 valence electrons. The molecule has 0 spiro atoms. The highest BCUT2D eigenvalue weighted by Gasteiger charge is 2.07. The van der Waals surface area contributed by atoms with Gasteiger partial charge in [-0.3, -0.25) is 9.59 Å². The Labute approximate surface area is 140 Å². The van der Waals surface area contributed by atoms with Gasteiger partial charge in [-0.2, -0.15) is 0 Å². The van der Waals surface area contributed by atoms with Crippen LogP contribution in [0, 0.1) is 0 Å². The van der Waals surface area contributed by atoms with Crippen molar-refractivity contribution in [2.24, 2.45) is 0 Å². The maximum absolute atomic E-state index is 12.0. The van der Waals surface area contributed by atoms with Crippen molar-refractivity contribution in [1.29, 1.82) is 0 Å². The SMILES string of the molecule is CCOc1ccc(C(=O)NCCNC(=O)c2cccc(O)c2)cc1. The molecule has 0 unspecified atom stereocenters. The molecule has 0 heterocycles. The third kappa shape index (κ3) is 5.01. The van der Waals surface area contributed by atoms with E-state index in [0.717, 1.165) is 0 Å².